The molecule has 140 valence electrons. The Hall–Kier alpha value is -3.29. The van der Waals surface area contributed by atoms with Gasteiger partial charge < -0.3 is 14.6 Å². The number of amides is 1. The van der Waals surface area contributed by atoms with E-state index in [4.69, 9.17) is 0 Å². The van der Waals surface area contributed by atoms with Crippen molar-refractivity contribution in [2.24, 2.45) is 0 Å². The van der Waals surface area contributed by atoms with E-state index in [0.29, 0.717) is 17.1 Å². The lowest BCUT2D eigenvalue weighted by Crippen LogP contribution is -2.17. The molecule has 2 aromatic heterocycles. The number of nitrogens with zero attached hydrogens (tertiary/aromatic N) is 2. The van der Waals surface area contributed by atoms with E-state index in [1.54, 1.807) is 25.3 Å². The van der Waals surface area contributed by atoms with E-state index in [1.807, 2.05) is 23.6 Å². The van der Waals surface area contributed by atoms with Crippen molar-refractivity contribution in [1.29, 1.82) is 0 Å². The highest BCUT2D eigenvalue weighted by Gasteiger charge is 2.31. The Labute approximate surface area is 153 Å². The molecule has 0 bridgehead atoms. The van der Waals surface area contributed by atoms with Gasteiger partial charge >= 0.3 is 6.36 Å². The molecule has 0 atom stereocenters. The molecule has 0 spiro atoms. The highest BCUT2D eigenvalue weighted by Crippen LogP contribution is 2.26. The number of anilines is 1. The number of alkyl halides is 3. The van der Waals surface area contributed by atoms with Crippen molar-refractivity contribution in [3.05, 3.63) is 71.7 Å². The topological polar surface area (TPSA) is 56.1 Å². The summed E-state index contributed by atoms with van der Waals surface area (Å²) in [7, 11) is 0. The van der Waals surface area contributed by atoms with Crippen molar-refractivity contribution in [3.8, 4) is 11.6 Å². The van der Waals surface area contributed by atoms with E-state index >= 15 is 0 Å². The molecule has 1 amide bonds. The molecule has 1 N–H and O–H groups in total. The van der Waals surface area contributed by atoms with Gasteiger partial charge in [-0.05, 0) is 44.2 Å². The third-order valence-corrected chi connectivity index (χ3v) is 3.88. The van der Waals surface area contributed by atoms with E-state index in [0.717, 1.165) is 17.8 Å². The van der Waals surface area contributed by atoms with Gasteiger partial charge in [0.1, 0.15) is 11.6 Å². The summed E-state index contributed by atoms with van der Waals surface area (Å²) in [6.45, 7) is 3.62. The summed E-state index contributed by atoms with van der Waals surface area (Å²) in [5, 5.41) is 2.60. The van der Waals surface area contributed by atoms with Crippen LogP contribution in [0.2, 0.25) is 0 Å². The molecule has 0 aliphatic carbocycles. The quantitative estimate of drug-likeness (QED) is 0.723. The Morgan fingerprint density at radius 3 is 2.56 bits per heavy atom. The molecule has 0 aliphatic heterocycles. The van der Waals surface area contributed by atoms with Crippen LogP contribution in [0.3, 0.4) is 0 Å². The number of aryl methyl sites for hydroxylation is 1. The fraction of sp³-hybridized carbons (Fsp3) is 0.158. The fourth-order valence-corrected chi connectivity index (χ4v) is 2.80. The van der Waals surface area contributed by atoms with Crippen molar-refractivity contribution < 1.29 is 22.7 Å². The maximum absolute atomic E-state index is 12.6. The Balaban J connectivity index is 1.85. The van der Waals surface area contributed by atoms with Crippen LogP contribution in [0.25, 0.3) is 5.82 Å². The van der Waals surface area contributed by atoms with E-state index in [1.165, 1.54) is 12.1 Å². The van der Waals surface area contributed by atoms with E-state index in [-0.39, 0.29) is 5.69 Å². The van der Waals surface area contributed by atoms with Crippen molar-refractivity contribution in [1.82, 2.24) is 9.55 Å². The van der Waals surface area contributed by atoms with Gasteiger partial charge in [0.15, 0.2) is 0 Å². The van der Waals surface area contributed by atoms with Crippen LogP contribution in [-0.2, 0) is 0 Å². The second-order valence-electron chi connectivity index (χ2n) is 5.84. The summed E-state index contributed by atoms with van der Waals surface area (Å²) in [5.74, 6) is -0.166. The molecule has 8 heteroatoms. The molecule has 0 radical (unpaired) electrons. The zero-order chi connectivity index (χ0) is 19.6. The molecule has 3 rings (SSSR count). The zero-order valence-electron chi connectivity index (χ0n) is 14.5. The second-order valence-corrected chi connectivity index (χ2v) is 5.84. The van der Waals surface area contributed by atoms with E-state index < -0.39 is 18.0 Å². The predicted molar refractivity (Wildman–Crippen MR) is 94.1 cm³/mol. The van der Waals surface area contributed by atoms with Crippen molar-refractivity contribution in [3.63, 3.8) is 0 Å². The number of pyridine rings is 1. The van der Waals surface area contributed by atoms with Crippen molar-refractivity contribution in [2.45, 2.75) is 20.2 Å². The van der Waals surface area contributed by atoms with Crippen LogP contribution in [0.1, 0.15) is 21.7 Å². The second kappa shape index (κ2) is 7.14. The van der Waals surface area contributed by atoms with Gasteiger partial charge in [-0.25, -0.2) is 4.98 Å². The summed E-state index contributed by atoms with van der Waals surface area (Å²) in [4.78, 5) is 16.9. The standard InChI is InChI=1S/C19H16F3N3O2/c1-12-10-16(13(2)25(12)17-8-3-4-9-23-17)18(26)24-14-6-5-7-15(11-14)27-19(20,21)22/h3-11H,1-2H3,(H,24,26). The first-order valence-corrected chi connectivity index (χ1v) is 8.02. The number of nitrogens with one attached hydrogen (secondary N) is 1. The third kappa shape index (κ3) is 4.28. The van der Waals surface area contributed by atoms with Gasteiger partial charge in [0.05, 0.1) is 5.56 Å². The maximum Gasteiger partial charge on any atom is 0.573 e. The van der Waals surface area contributed by atoms with Gasteiger partial charge in [0, 0.05) is 29.3 Å². The molecule has 0 saturated heterocycles. The lowest BCUT2D eigenvalue weighted by Gasteiger charge is -2.11. The Bertz CT molecular complexity index is 966. The maximum atomic E-state index is 12.6. The number of halogens is 3. The van der Waals surface area contributed by atoms with Crippen LogP contribution in [0.5, 0.6) is 5.75 Å². The van der Waals surface area contributed by atoms with Gasteiger partial charge in [-0.3, -0.25) is 4.79 Å². The first-order valence-electron chi connectivity index (χ1n) is 8.02. The molecule has 0 saturated carbocycles. The highest BCUT2D eigenvalue weighted by atomic mass is 19.4. The monoisotopic (exact) mass is 375 g/mol. The molecule has 1 aromatic carbocycles. The average molecular weight is 375 g/mol. The van der Waals surface area contributed by atoms with Crippen LogP contribution in [-0.4, -0.2) is 21.8 Å². The molecule has 27 heavy (non-hydrogen) atoms. The van der Waals surface area contributed by atoms with E-state index in [2.05, 4.69) is 15.0 Å². The summed E-state index contributed by atoms with van der Waals surface area (Å²) in [6, 6.07) is 12.3. The third-order valence-electron chi connectivity index (χ3n) is 3.88. The lowest BCUT2D eigenvalue weighted by molar-refractivity contribution is -0.274. The number of carbonyl (C=O) groups is 1. The number of hydrogen-bond donors (Lipinski definition) is 1. The largest absolute Gasteiger partial charge is 0.573 e. The minimum absolute atomic E-state index is 0.199. The van der Waals surface area contributed by atoms with Crippen LogP contribution in [0, 0.1) is 13.8 Å². The molecule has 5 nitrogen and oxygen atoms in total. The molecule has 2 heterocycles. The molecule has 0 aliphatic rings. The SMILES string of the molecule is Cc1cc(C(=O)Nc2cccc(OC(F)(F)F)c2)c(C)n1-c1ccccn1. The summed E-state index contributed by atoms with van der Waals surface area (Å²) in [5.41, 5.74) is 2.08. The minimum atomic E-state index is -4.80. The fourth-order valence-electron chi connectivity index (χ4n) is 2.80. The van der Waals surface area contributed by atoms with E-state index in [9.17, 15) is 18.0 Å². The Kier molecular flexibility index (Phi) is 4.89. The average Bonchev–Trinajstić information content (AvgIpc) is 2.89. The first-order chi connectivity index (χ1) is 12.7. The van der Waals surface area contributed by atoms with Crippen molar-refractivity contribution >= 4 is 11.6 Å². The number of hydrogen-bond acceptors (Lipinski definition) is 3. The van der Waals surface area contributed by atoms with Crippen LogP contribution in [0.15, 0.2) is 54.7 Å². The number of aromatic nitrogens is 2. The predicted octanol–water partition coefficient (Wildman–Crippen LogP) is 4.64. The van der Waals surface area contributed by atoms with Crippen LogP contribution in [0.4, 0.5) is 18.9 Å². The minimum Gasteiger partial charge on any atom is -0.406 e. The first kappa shape index (κ1) is 18.5. The molecular formula is C19H16F3N3O2. The lowest BCUT2D eigenvalue weighted by atomic mass is 10.2. The normalized spacial score (nSPS) is 11.3. The van der Waals surface area contributed by atoms with Gasteiger partial charge in [-0.1, -0.05) is 12.1 Å². The van der Waals surface area contributed by atoms with Gasteiger partial charge in [0.25, 0.3) is 5.91 Å². The molecule has 3 aromatic rings. The number of benzene rings is 1. The number of rotatable bonds is 4. The number of carbonyl (C=O) groups excluding carboxylic acids is 1. The molecule has 0 fully saturated rings. The molecule has 0 unspecified atom stereocenters. The number of ether oxygens (including phenoxy) is 1. The zero-order valence-corrected chi connectivity index (χ0v) is 14.5. The van der Waals surface area contributed by atoms with Gasteiger partial charge in [-0.15, -0.1) is 13.2 Å². The van der Waals surface area contributed by atoms with Gasteiger partial charge in [0.2, 0.25) is 0 Å². The van der Waals surface area contributed by atoms with Crippen LogP contribution >= 0.6 is 0 Å². The van der Waals surface area contributed by atoms with Crippen molar-refractivity contribution in [2.75, 3.05) is 5.32 Å². The van der Waals surface area contributed by atoms with Crippen LogP contribution < -0.4 is 10.1 Å². The molecular weight excluding hydrogens is 359 g/mol. The Morgan fingerprint density at radius 1 is 1.11 bits per heavy atom. The highest BCUT2D eigenvalue weighted by molar-refractivity contribution is 6.05. The smallest absolute Gasteiger partial charge is 0.406 e. The summed E-state index contributed by atoms with van der Waals surface area (Å²) < 4.78 is 42.7. The summed E-state index contributed by atoms with van der Waals surface area (Å²) in [6.07, 6.45) is -3.14. The van der Waals surface area contributed by atoms with Gasteiger partial charge in [-0.2, -0.15) is 0 Å². The Morgan fingerprint density at radius 2 is 1.89 bits per heavy atom. The summed E-state index contributed by atoms with van der Waals surface area (Å²) >= 11 is 0.